The van der Waals surface area contributed by atoms with Crippen LogP contribution in [0.25, 0.3) is 5.69 Å². The maximum Gasteiger partial charge on any atom is 0.290 e. The van der Waals surface area contributed by atoms with Crippen LogP contribution in [0.15, 0.2) is 30.3 Å². The molecule has 8 heteroatoms. The summed E-state index contributed by atoms with van der Waals surface area (Å²) in [5.41, 5.74) is 0.990. The van der Waals surface area contributed by atoms with Crippen LogP contribution in [0, 0.1) is 0 Å². The second-order valence-electron chi connectivity index (χ2n) is 5.99. The number of nitrogens with one attached hydrogen (secondary N) is 1. The molecule has 24 heavy (non-hydrogen) atoms. The van der Waals surface area contributed by atoms with Crippen molar-refractivity contribution in [3.8, 4) is 5.69 Å². The average molecular weight is 330 g/mol. The summed E-state index contributed by atoms with van der Waals surface area (Å²) in [5, 5.41) is 22.6. The van der Waals surface area contributed by atoms with Gasteiger partial charge in [-0.1, -0.05) is 23.3 Å². The second-order valence-corrected chi connectivity index (χ2v) is 5.99. The van der Waals surface area contributed by atoms with Gasteiger partial charge in [0.2, 0.25) is 5.95 Å². The Kier molecular flexibility index (Phi) is 5.37. The van der Waals surface area contributed by atoms with E-state index in [-0.39, 0.29) is 6.47 Å². The van der Waals surface area contributed by atoms with E-state index in [1.54, 1.807) is 4.68 Å². The third-order valence-electron chi connectivity index (χ3n) is 4.62. The topological polar surface area (TPSA) is 96.2 Å². The molecule has 1 aromatic carbocycles. The van der Waals surface area contributed by atoms with Crippen LogP contribution in [0.3, 0.4) is 0 Å². The van der Waals surface area contributed by atoms with Crippen molar-refractivity contribution in [1.29, 1.82) is 0 Å². The van der Waals surface area contributed by atoms with E-state index < -0.39 is 0 Å². The van der Waals surface area contributed by atoms with Gasteiger partial charge in [0.05, 0.1) is 5.69 Å². The highest BCUT2D eigenvalue weighted by atomic mass is 16.3. The van der Waals surface area contributed by atoms with E-state index in [2.05, 4.69) is 25.7 Å². The van der Waals surface area contributed by atoms with Crippen molar-refractivity contribution < 1.29 is 9.90 Å². The van der Waals surface area contributed by atoms with Gasteiger partial charge in [0.15, 0.2) is 0 Å². The summed E-state index contributed by atoms with van der Waals surface area (Å²) in [6.45, 7) is 2.24. The second kappa shape index (κ2) is 7.87. The summed E-state index contributed by atoms with van der Waals surface area (Å²) < 4.78 is 1.79. The number of hydrogen-bond acceptors (Lipinski definition) is 6. The van der Waals surface area contributed by atoms with Crippen LogP contribution in [0.2, 0.25) is 0 Å². The molecule has 2 aliphatic heterocycles. The summed E-state index contributed by atoms with van der Waals surface area (Å²) >= 11 is 0. The molecule has 0 radical (unpaired) electrons. The number of piperidine rings is 1. The number of benzene rings is 1. The number of hydrogen-bond donors (Lipinski definition) is 2. The van der Waals surface area contributed by atoms with Gasteiger partial charge in [-0.3, -0.25) is 9.69 Å². The van der Waals surface area contributed by atoms with Crippen molar-refractivity contribution in [2.24, 2.45) is 0 Å². The van der Waals surface area contributed by atoms with Crippen molar-refractivity contribution in [2.45, 2.75) is 37.8 Å². The number of fused-ring (bicyclic) bond motifs is 1. The van der Waals surface area contributed by atoms with Crippen LogP contribution in [-0.2, 0) is 4.79 Å². The lowest BCUT2D eigenvalue weighted by atomic mass is 9.96. The molecule has 0 unspecified atom stereocenters. The highest BCUT2D eigenvalue weighted by Crippen LogP contribution is 2.29. The molecule has 2 fully saturated rings. The van der Waals surface area contributed by atoms with Crippen LogP contribution in [0.4, 0.5) is 5.95 Å². The Hall–Kier alpha value is -2.48. The molecular formula is C16H22N6O2. The fourth-order valence-electron chi connectivity index (χ4n) is 3.65. The molecule has 2 atom stereocenters. The Morgan fingerprint density at radius 3 is 2.62 bits per heavy atom. The van der Waals surface area contributed by atoms with Crippen molar-refractivity contribution in [3.63, 3.8) is 0 Å². The van der Waals surface area contributed by atoms with Crippen molar-refractivity contribution in [3.05, 3.63) is 30.3 Å². The number of anilines is 1. The molecule has 3 heterocycles. The molecule has 8 nitrogen and oxygen atoms in total. The van der Waals surface area contributed by atoms with Crippen molar-refractivity contribution in [1.82, 2.24) is 25.1 Å². The predicted octanol–water partition coefficient (Wildman–Crippen LogP) is 1.40. The van der Waals surface area contributed by atoms with Crippen molar-refractivity contribution >= 4 is 12.4 Å². The molecule has 1 aromatic heterocycles. The van der Waals surface area contributed by atoms with E-state index in [4.69, 9.17) is 9.90 Å². The van der Waals surface area contributed by atoms with Gasteiger partial charge in [-0.05, 0) is 61.3 Å². The molecule has 2 N–H and O–H groups in total. The van der Waals surface area contributed by atoms with E-state index in [9.17, 15) is 0 Å². The zero-order valence-corrected chi connectivity index (χ0v) is 13.5. The Balaban J connectivity index is 0.000000526. The van der Waals surface area contributed by atoms with Gasteiger partial charge in [-0.25, -0.2) is 0 Å². The Labute approximate surface area is 140 Å². The monoisotopic (exact) mass is 330 g/mol. The summed E-state index contributed by atoms with van der Waals surface area (Å²) in [5.74, 6) is 0.750. The number of nitrogens with zero attached hydrogens (tertiary/aromatic N) is 5. The number of para-hydroxylation sites is 1. The number of rotatable bonds is 3. The van der Waals surface area contributed by atoms with Gasteiger partial charge in [-0.2, -0.15) is 4.68 Å². The first-order chi connectivity index (χ1) is 11.8. The number of carboxylic acid groups (broad SMARTS) is 1. The van der Waals surface area contributed by atoms with Crippen LogP contribution in [0.5, 0.6) is 0 Å². The quantitative estimate of drug-likeness (QED) is 0.821. The molecule has 0 aliphatic carbocycles. The summed E-state index contributed by atoms with van der Waals surface area (Å²) in [6, 6.07) is 11.1. The number of aromatic nitrogens is 4. The lowest BCUT2D eigenvalue weighted by Crippen LogP contribution is -2.47. The third-order valence-corrected chi connectivity index (χ3v) is 4.62. The van der Waals surface area contributed by atoms with Crippen LogP contribution in [-0.4, -0.2) is 61.9 Å². The fourth-order valence-corrected chi connectivity index (χ4v) is 3.65. The molecule has 0 saturated carbocycles. The van der Waals surface area contributed by atoms with Gasteiger partial charge in [0, 0.05) is 12.1 Å². The molecule has 4 rings (SSSR count). The highest BCUT2D eigenvalue weighted by molar-refractivity contribution is 5.39. The highest BCUT2D eigenvalue weighted by Gasteiger charge is 2.35. The van der Waals surface area contributed by atoms with Gasteiger partial charge >= 0.3 is 0 Å². The summed E-state index contributed by atoms with van der Waals surface area (Å²) in [4.78, 5) is 11.0. The first-order valence-corrected chi connectivity index (χ1v) is 8.25. The van der Waals surface area contributed by atoms with Crippen LogP contribution < -0.4 is 5.32 Å². The Bertz CT molecular complexity index is 647. The SMILES string of the molecule is O=CO.c1ccc(-n2nnnc2N[C@H]2CCCN3CCC[C@@H]23)cc1. The predicted molar refractivity (Wildman–Crippen MR) is 89.1 cm³/mol. The molecule has 0 amide bonds. The molecule has 0 spiro atoms. The molecule has 2 saturated heterocycles. The van der Waals surface area contributed by atoms with Crippen LogP contribution in [0.1, 0.15) is 25.7 Å². The first kappa shape index (κ1) is 16.4. The average Bonchev–Trinajstić information content (AvgIpc) is 3.26. The molecule has 128 valence electrons. The van der Waals surface area contributed by atoms with E-state index in [1.807, 2.05) is 30.3 Å². The number of tetrazole rings is 1. The minimum atomic E-state index is -0.250. The van der Waals surface area contributed by atoms with Gasteiger partial charge in [0.25, 0.3) is 6.47 Å². The van der Waals surface area contributed by atoms with Gasteiger partial charge in [0.1, 0.15) is 0 Å². The molecule has 2 aliphatic rings. The zero-order valence-electron chi connectivity index (χ0n) is 13.5. The Morgan fingerprint density at radius 2 is 1.88 bits per heavy atom. The standard InChI is InChI=1S/C15H20N6.CH2O2/c1-2-6-12(7-3-1)21-15(17-18-19-21)16-13-8-4-10-20-11-5-9-14(13)20;2-1-3/h1-3,6-7,13-14H,4-5,8-11H2,(H,16,17,19);1H,(H,2,3)/t13-,14-;/m0./s1. The van der Waals surface area contributed by atoms with Gasteiger partial charge in [-0.15, -0.1) is 0 Å². The first-order valence-electron chi connectivity index (χ1n) is 8.25. The number of carbonyl (C=O) groups is 1. The Morgan fingerprint density at radius 1 is 1.17 bits per heavy atom. The normalized spacial score (nSPS) is 23.0. The van der Waals surface area contributed by atoms with E-state index in [0.29, 0.717) is 12.1 Å². The smallest absolute Gasteiger partial charge is 0.290 e. The molecule has 0 bridgehead atoms. The van der Waals surface area contributed by atoms with E-state index >= 15 is 0 Å². The minimum absolute atomic E-state index is 0.250. The minimum Gasteiger partial charge on any atom is -0.483 e. The van der Waals surface area contributed by atoms with E-state index in [0.717, 1.165) is 11.6 Å². The maximum absolute atomic E-state index is 8.36. The molecular weight excluding hydrogens is 308 g/mol. The zero-order chi connectivity index (χ0) is 16.8. The maximum atomic E-state index is 8.36. The third kappa shape index (κ3) is 3.53. The van der Waals surface area contributed by atoms with Crippen LogP contribution >= 0.6 is 0 Å². The summed E-state index contributed by atoms with van der Waals surface area (Å²) in [6.07, 6.45) is 5.04. The lowest BCUT2D eigenvalue weighted by Gasteiger charge is -2.37. The van der Waals surface area contributed by atoms with E-state index in [1.165, 1.54) is 38.8 Å². The largest absolute Gasteiger partial charge is 0.483 e. The molecule has 2 aromatic rings. The fraction of sp³-hybridized carbons (Fsp3) is 0.500. The lowest BCUT2D eigenvalue weighted by molar-refractivity contribution is -0.122. The summed E-state index contributed by atoms with van der Waals surface area (Å²) in [7, 11) is 0. The van der Waals surface area contributed by atoms with Crippen molar-refractivity contribution in [2.75, 3.05) is 18.4 Å². The van der Waals surface area contributed by atoms with Gasteiger partial charge < -0.3 is 10.4 Å².